The van der Waals surface area contributed by atoms with Crippen molar-refractivity contribution in [3.63, 3.8) is 0 Å². The minimum absolute atomic E-state index is 0.0473. The Hall–Kier alpha value is -2.24. The molecule has 1 fully saturated rings. The van der Waals surface area contributed by atoms with Crippen molar-refractivity contribution in [2.45, 2.75) is 13.8 Å². The van der Waals surface area contributed by atoms with Gasteiger partial charge < -0.3 is 20.3 Å². The van der Waals surface area contributed by atoms with E-state index in [4.69, 9.17) is 10.5 Å². The number of hydrogen-bond acceptors (Lipinski definition) is 4. The van der Waals surface area contributed by atoms with Crippen LogP contribution in [0.2, 0.25) is 0 Å². The Kier molecular flexibility index (Phi) is 4.67. The number of rotatable bonds is 2. The molecule has 0 aliphatic carbocycles. The molecule has 1 saturated heterocycles. The summed E-state index contributed by atoms with van der Waals surface area (Å²) in [4.78, 5) is 27.4. The summed E-state index contributed by atoms with van der Waals surface area (Å²) in [7, 11) is 0. The fraction of sp³-hybridized carbons (Fsp3) is 0.467. The third-order valence-electron chi connectivity index (χ3n) is 3.44. The molecule has 0 radical (unpaired) electrons. The quantitative estimate of drug-likeness (QED) is 0.838. The second-order valence-electron chi connectivity index (χ2n) is 5.11. The van der Waals surface area contributed by atoms with Crippen LogP contribution >= 0.6 is 0 Å². The largest absolute Gasteiger partial charge is 0.450 e. The lowest BCUT2D eigenvalue weighted by molar-refractivity contribution is 0.0570. The smallest absolute Gasteiger partial charge is 0.409 e. The van der Waals surface area contributed by atoms with Crippen LogP contribution in [0, 0.1) is 6.92 Å². The van der Waals surface area contributed by atoms with Gasteiger partial charge in [-0.2, -0.15) is 0 Å². The van der Waals surface area contributed by atoms with Crippen LogP contribution in [-0.2, 0) is 4.74 Å². The number of nitrogen functional groups attached to an aromatic ring is 1. The average molecular weight is 291 g/mol. The maximum absolute atomic E-state index is 12.4. The van der Waals surface area contributed by atoms with E-state index in [-0.39, 0.29) is 12.0 Å². The van der Waals surface area contributed by atoms with Crippen molar-refractivity contribution in [2.24, 2.45) is 0 Å². The standard InChI is InChI=1S/C15H21N3O3/c1-3-21-15(20)18-6-4-17(5-7-18)14(19)12-8-11(2)9-13(16)10-12/h8-10H,3-7,16H2,1-2H3. The molecule has 0 saturated carbocycles. The van der Waals surface area contributed by atoms with Gasteiger partial charge in [-0.25, -0.2) is 4.79 Å². The highest BCUT2D eigenvalue weighted by Gasteiger charge is 2.25. The molecule has 2 amide bonds. The first kappa shape index (κ1) is 15.2. The molecular formula is C15H21N3O3. The van der Waals surface area contributed by atoms with E-state index < -0.39 is 0 Å². The molecule has 1 aliphatic heterocycles. The van der Waals surface area contributed by atoms with Gasteiger partial charge in [-0.15, -0.1) is 0 Å². The molecule has 0 aromatic heterocycles. The first-order chi connectivity index (χ1) is 10.0. The van der Waals surface area contributed by atoms with Crippen LogP contribution in [0.3, 0.4) is 0 Å². The second kappa shape index (κ2) is 6.47. The number of carbonyl (C=O) groups is 2. The van der Waals surface area contributed by atoms with Gasteiger partial charge in [0, 0.05) is 37.4 Å². The Morgan fingerprint density at radius 1 is 1.14 bits per heavy atom. The van der Waals surface area contributed by atoms with Crippen LogP contribution < -0.4 is 5.73 Å². The molecule has 21 heavy (non-hydrogen) atoms. The maximum atomic E-state index is 12.4. The Morgan fingerprint density at radius 2 is 1.76 bits per heavy atom. The van der Waals surface area contributed by atoms with Crippen molar-refractivity contribution in [3.05, 3.63) is 29.3 Å². The summed E-state index contributed by atoms with van der Waals surface area (Å²) in [5.41, 5.74) is 7.92. The number of anilines is 1. The van der Waals surface area contributed by atoms with E-state index in [0.717, 1.165) is 5.56 Å². The van der Waals surface area contributed by atoms with Gasteiger partial charge in [0.2, 0.25) is 0 Å². The van der Waals surface area contributed by atoms with Crippen molar-refractivity contribution in [1.82, 2.24) is 9.80 Å². The van der Waals surface area contributed by atoms with Crippen molar-refractivity contribution >= 4 is 17.7 Å². The van der Waals surface area contributed by atoms with Gasteiger partial charge in [0.1, 0.15) is 0 Å². The first-order valence-electron chi connectivity index (χ1n) is 7.09. The van der Waals surface area contributed by atoms with Gasteiger partial charge in [0.25, 0.3) is 5.91 Å². The fourth-order valence-electron chi connectivity index (χ4n) is 2.43. The Morgan fingerprint density at radius 3 is 2.33 bits per heavy atom. The second-order valence-corrected chi connectivity index (χ2v) is 5.11. The van der Waals surface area contributed by atoms with Crippen molar-refractivity contribution in [2.75, 3.05) is 38.5 Å². The molecule has 6 heteroatoms. The lowest BCUT2D eigenvalue weighted by atomic mass is 10.1. The molecule has 0 atom stereocenters. The third-order valence-corrected chi connectivity index (χ3v) is 3.44. The summed E-state index contributed by atoms with van der Waals surface area (Å²) < 4.78 is 4.96. The predicted molar refractivity (Wildman–Crippen MR) is 80.1 cm³/mol. The van der Waals surface area contributed by atoms with E-state index in [0.29, 0.717) is 44.0 Å². The van der Waals surface area contributed by atoms with Gasteiger partial charge in [-0.3, -0.25) is 4.79 Å². The summed E-state index contributed by atoms with van der Waals surface area (Å²) in [6.45, 7) is 6.04. The van der Waals surface area contributed by atoms with E-state index in [1.165, 1.54) is 0 Å². The summed E-state index contributed by atoms with van der Waals surface area (Å²) >= 11 is 0. The summed E-state index contributed by atoms with van der Waals surface area (Å²) in [6.07, 6.45) is -0.315. The molecule has 1 aromatic carbocycles. The molecule has 2 rings (SSSR count). The van der Waals surface area contributed by atoms with Gasteiger partial charge in [0.15, 0.2) is 0 Å². The molecular weight excluding hydrogens is 270 g/mol. The van der Waals surface area contributed by atoms with E-state index in [1.54, 1.807) is 22.8 Å². The zero-order chi connectivity index (χ0) is 15.4. The zero-order valence-electron chi connectivity index (χ0n) is 12.5. The summed E-state index contributed by atoms with van der Waals surface area (Å²) in [6, 6.07) is 5.35. The van der Waals surface area contributed by atoms with Gasteiger partial charge in [0.05, 0.1) is 6.61 Å². The number of piperazine rings is 1. The normalized spacial score (nSPS) is 15.0. The Labute approximate surface area is 124 Å². The van der Waals surface area contributed by atoms with E-state index >= 15 is 0 Å². The van der Waals surface area contributed by atoms with Crippen molar-refractivity contribution in [1.29, 1.82) is 0 Å². The fourth-order valence-corrected chi connectivity index (χ4v) is 2.43. The lowest BCUT2D eigenvalue weighted by Crippen LogP contribution is -2.50. The predicted octanol–water partition coefficient (Wildman–Crippen LogP) is 1.49. The SMILES string of the molecule is CCOC(=O)N1CCN(C(=O)c2cc(C)cc(N)c2)CC1. The Bertz CT molecular complexity index is 517. The summed E-state index contributed by atoms with van der Waals surface area (Å²) in [5, 5.41) is 0. The number of hydrogen-bond donors (Lipinski definition) is 1. The van der Waals surface area contributed by atoms with Gasteiger partial charge in [-0.05, 0) is 37.6 Å². The molecule has 114 valence electrons. The number of benzene rings is 1. The first-order valence-corrected chi connectivity index (χ1v) is 7.09. The van der Waals surface area contributed by atoms with Crippen LogP contribution in [0.15, 0.2) is 18.2 Å². The number of carbonyl (C=O) groups excluding carboxylic acids is 2. The van der Waals surface area contributed by atoms with Crippen LogP contribution in [0.1, 0.15) is 22.8 Å². The highest BCUT2D eigenvalue weighted by atomic mass is 16.6. The highest BCUT2D eigenvalue weighted by Crippen LogP contribution is 2.15. The van der Waals surface area contributed by atoms with Crippen molar-refractivity contribution < 1.29 is 14.3 Å². The van der Waals surface area contributed by atoms with E-state index in [1.807, 2.05) is 19.1 Å². The monoisotopic (exact) mass is 291 g/mol. The van der Waals surface area contributed by atoms with E-state index in [2.05, 4.69) is 0 Å². The molecule has 0 bridgehead atoms. The van der Waals surface area contributed by atoms with Gasteiger partial charge in [-0.1, -0.05) is 0 Å². The number of amides is 2. The number of nitrogens with two attached hydrogens (primary N) is 1. The number of aryl methyl sites for hydroxylation is 1. The molecule has 1 aliphatic rings. The molecule has 1 aromatic rings. The number of nitrogens with zero attached hydrogens (tertiary/aromatic N) is 2. The summed E-state index contributed by atoms with van der Waals surface area (Å²) in [5.74, 6) is -0.0473. The number of ether oxygens (including phenoxy) is 1. The van der Waals surface area contributed by atoms with Crippen molar-refractivity contribution in [3.8, 4) is 0 Å². The lowest BCUT2D eigenvalue weighted by Gasteiger charge is -2.34. The molecule has 6 nitrogen and oxygen atoms in total. The zero-order valence-corrected chi connectivity index (χ0v) is 12.5. The van der Waals surface area contributed by atoms with Crippen LogP contribution in [0.25, 0.3) is 0 Å². The molecule has 0 spiro atoms. The van der Waals surface area contributed by atoms with Crippen LogP contribution in [0.4, 0.5) is 10.5 Å². The minimum Gasteiger partial charge on any atom is -0.450 e. The van der Waals surface area contributed by atoms with E-state index in [9.17, 15) is 9.59 Å². The maximum Gasteiger partial charge on any atom is 0.409 e. The highest BCUT2D eigenvalue weighted by molar-refractivity contribution is 5.95. The topological polar surface area (TPSA) is 75.9 Å². The average Bonchev–Trinajstić information content (AvgIpc) is 2.46. The minimum atomic E-state index is -0.315. The molecule has 0 unspecified atom stereocenters. The Balaban J connectivity index is 1.98. The third kappa shape index (κ3) is 3.65. The molecule has 2 N–H and O–H groups in total. The molecule has 1 heterocycles. The van der Waals surface area contributed by atoms with Crippen LogP contribution in [0.5, 0.6) is 0 Å². The van der Waals surface area contributed by atoms with Gasteiger partial charge >= 0.3 is 6.09 Å². The van der Waals surface area contributed by atoms with Crippen LogP contribution in [-0.4, -0.2) is 54.6 Å².